The van der Waals surface area contributed by atoms with E-state index in [1.807, 2.05) is 20.8 Å². The van der Waals surface area contributed by atoms with E-state index in [-0.39, 0.29) is 10.2 Å². The zero-order valence-electron chi connectivity index (χ0n) is 12.4. The lowest BCUT2D eigenvalue weighted by Gasteiger charge is -2.26. The molecule has 1 aromatic carbocycles. The lowest BCUT2D eigenvalue weighted by molar-refractivity contribution is 0.475. The average Bonchev–Trinajstić information content (AvgIpc) is 2.72. The first-order chi connectivity index (χ1) is 8.81. The monoisotopic (exact) mass is 279 g/mol. The molecule has 0 heterocycles. The lowest BCUT2D eigenvalue weighted by Crippen LogP contribution is -2.39. The quantitative estimate of drug-likeness (QED) is 0.900. The molecule has 3 heteroatoms. The summed E-state index contributed by atoms with van der Waals surface area (Å²) in [7, 11) is -0.967. The van der Waals surface area contributed by atoms with Crippen molar-refractivity contribution in [3.05, 3.63) is 35.9 Å². The third-order valence-corrected chi connectivity index (χ3v) is 5.70. The molecule has 1 aliphatic rings. The van der Waals surface area contributed by atoms with Crippen molar-refractivity contribution in [3.63, 3.8) is 0 Å². The second-order valence-corrected chi connectivity index (χ2v) is 8.86. The van der Waals surface area contributed by atoms with Gasteiger partial charge in [0.15, 0.2) is 0 Å². The van der Waals surface area contributed by atoms with Crippen molar-refractivity contribution in [2.75, 3.05) is 0 Å². The van der Waals surface area contributed by atoms with Crippen LogP contribution in [-0.2, 0) is 16.4 Å². The molecule has 19 heavy (non-hydrogen) atoms. The largest absolute Gasteiger partial charge is 0.242 e. The zero-order chi connectivity index (χ0) is 14.1. The smallest absolute Gasteiger partial charge is 0.0972 e. The van der Waals surface area contributed by atoms with Crippen LogP contribution in [0.3, 0.4) is 0 Å². The predicted molar refractivity (Wildman–Crippen MR) is 82.5 cm³/mol. The minimum absolute atomic E-state index is 0.189. The molecule has 1 saturated carbocycles. The summed E-state index contributed by atoms with van der Waals surface area (Å²) in [5, 5.41) is 0. The van der Waals surface area contributed by atoms with Gasteiger partial charge in [-0.1, -0.05) is 37.3 Å². The van der Waals surface area contributed by atoms with E-state index in [1.54, 1.807) is 0 Å². The van der Waals surface area contributed by atoms with Crippen LogP contribution in [-0.4, -0.2) is 15.0 Å². The maximum Gasteiger partial charge on any atom is 0.0972 e. The second-order valence-electron chi connectivity index (χ2n) is 6.87. The van der Waals surface area contributed by atoms with Crippen LogP contribution in [0.2, 0.25) is 0 Å². The van der Waals surface area contributed by atoms with E-state index >= 15 is 0 Å². The summed E-state index contributed by atoms with van der Waals surface area (Å²) in [5.74, 6) is 0. The van der Waals surface area contributed by atoms with E-state index in [0.29, 0.717) is 6.04 Å². The molecule has 2 nitrogen and oxygen atoms in total. The summed E-state index contributed by atoms with van der Waals surface area (Å²) in [4.78, 5) is 0. The molecule has 1 aliphatic carbocycles. The third-order valence-electron chi connectivity index (χ3n) is 4.04. The molecule has 3 atom stereocenters. The summed E-state index contributed by atoms with van der Waals surface area (Å²) < 4.78 is 15.3. The van der Waals surface area contributed by atoms with E-state index in [1.165, 1.54) is 5.56 Å². The van der Waals surface area contributed by atoms with Crippen LogP contribution < -0.4 is 4.72 Å². The fourth-order valence-electron chi connectivity index (χ4n) is 2.77. The highest BCUT2D eigenvalue weighted by Gasteiger charge is 2.37. The van der Waals surface area contributed by atoms with Crippen molar-refractivity contribution < 1.29 is 4.21 Å². The van der Waals surface area contributed by atoms with E-state index in [2.05, 4.69) is 42.0 Å². The van der Waals surface area contributed by atoms with Gasteiger partial charge in [0.1, 0.15) is 0 Å². The Bertz CT molecular complexity index is 452. The third kappa shape index (κ3) is 3.46. The fraction of sp³-hybridized carbons (Fsp3) is 0.625. The molecule has 1 N–H and O–H groups in total. The van der Waals surface area contributed by atoms with Crippen LogP contribution in [0.15, 0.2) is 30.3 Å². The van der Waals surface area contributed by atoms with E-state index in [4.69, 9.17) is 0 Å². The van der Waals surface area contributed by atoms with Gasteiger partial charge < -0.3 is 0 Å². The van der Waals surface area contributed by atoms with E-state index < -0.39 is 11.0 Å². The number of nitrogens with one attached hydrogen (secondary N) is 1. The molecular formula is C16H25NOS. The molecule has 0 spiro atoms. The molecule has 0 aliphatic heterocycles. The highest BCUT2D eigenvalue weighted by molar-refractivity contribution is 7.84. The minimum Gasteiger partial charge on any atom is -0.242 e. The number of benzene rings is 1. The topological polar surface area (TPSA) is 29.1 Å². The first-order valence-electron chi connectivity index (χ1n) is 7.05. The lowest BCUT2D eigenvalue weighted by atomic mass is 9.81. The van der Waals surface area contributed by atoms with Gasteiger partial charge >= 0.3 is 0 Å². The molecule has 106 valence electrons. The Hall–Kier alpha value is -0.670. The Kier molecular flexibility index (Phi) is 4.17. The first-order valence-corrected chi connectivity index (χ1v) is 8.20. The molecule has 1 aromatic rings. The molecular weight excluding hydrogens is 254 g/mol. The maximum atomic E-state index is 12.2. The number of hydrogen-bond acceptors (Lipinski definition) is 1. The predicted octanol–water partition coefficient (Wildman–Crippen LogP) is 3.55. The van der Waals surface area contributed by atoms with Crippen LogP contribution in [0.4, 0.5) is 0 Å². The molecule has 0 aromatic heterocycles. The first kappa shape index (κ1) is 14.7. The van der Waals surface area contributed by atoms with Crippen molar-refractivity contribution in [3.8, 4) is 0 Å². The molecule has 0 saturated heterocycles. The average molecular weight is 279 g/mol. The van der Waals surface area contributed by atoms with Gasteiger partial charge in [-0.3, -0.25) is 0 Å². The zero-order valence-corrected chi connectivity index (χ0v) is 13.2. The molecule has 0 bridgehead atoms. The molecule has 1 fully saturated rings. The van der Waals surface area contributed by atoms with Gasteiger partial charge in [-0.2, -0.15) is 0 Å². The Morgan fingerprint density at radius 2 is 1.89 bits per heavy atom. The van der Waals surface area contributed by atoms with Crippen LogP contribution in [0, 0.1) is 0 Å². The number of hydrogen-bond donors (Lipinski definition) is 1. The summed E-state index contributed by atoms with van der Waals surface area (Å²) in [6.45, 7) is 8.37. The molecule has 2 rings (SSSR count). The van der Waals surface area contributed by atoms with Gasteiger partial charge in [0, 0.05) is 6.04 Å². The Morgan fingerprint density at radius 1 is 1.26 bits per heavy atom. The van der Waals surface area contributed by atoms with Crippen molar-refractivity contribution >= 4 is 11.0 Å². The van der Waals surface area contributed by atoms with Gasteiger partial charge in [-0.25, -0.2) is 8.93 Å². The molecule has 1 unspecified atom stereocenters. The standard InChI is InChI=1S/C16H25NOS/c1-15(2,3)19(18)17-14-10-11-16(4,12-14)13-8-6-5-7-9-13/h5-9,14,17H,10-12H2,1-4H3/t14-,16-,19?/m1/s1. The highest BCUT2D eigenvalue weighted by atomic mass is 32.2. The van der Waals surface area contributed by atoms with Crippen LogP contribution >= 0.6 is 0 Å². The van der Waals surface area contributed by atoms with E-state index in [0.717, 1.165) is 19.3 Å². The van der Waals surface area contributed by atoms with Gasteiger partial charge in [0.05, 0.1) is 15.7 Å². The molecule has 0 radical (unpaired) electrons. The fourth-order valence-corrected chi connectivity index (χ4v) is 3.63. The Labute approximate surface area is 119 Å². The normalized spacial score (nSPS) is 29.4. The van der Waals surface area contributed by atoms with Crippen LogP contribution in [0.25, 0.3) is 0 Å². The summed E-state index contributed by atoms with van der Waals surface area (Å²) >= 11 is 0. The minimum atomic E-state index is -0.967. The number of rotatable bonds is 3. The summed E-state index contributed by atoms with van der Waals surface area (Å²) in [5.41, 5.74) is 1.63. The Morgan fingerprint density at radius 3 is 2.47 bits per heavy atom. The van der Waals surface area contributed by atoms with Crippen LogP contribution in [0.1, 0.15) is 52.5 Å². The maximum absolute atomic E-state index is 12.2. The van der Waals surface area contributed by atoms with Gasteiger partial charge in [0.2, 0.25) is 0 Å². The van der Waals surface area contributed by atoms with Gasteiger partial charge in [-0.15, -0.1) is 0 Å². The molecule has 0 amide bonds. The van der Waals surface area contributed by atoms with Crippen LogP contribution in [0.5, 0.6) is 0 Å². The summed E-state index contributed by atoms with van der Waals surface area (Å²) in [6.07, 6.45) is 3.34. The van der Waals surface area contributed by atoms with E-state index in [9.17, 15) is 4.21 Å². The highest BCUT2D eigenvalue weighted by Crippen LogP contribution is 2.40. The SMILES string of the molecule is CC(C)(C)S(=O)N[C@@H]1CC[C@@](C)(c2ccccc2)C1. The van der Waals surface area contributed by atoms with Gasteiger partial charge in [0.25, 0.3) is 0 Å². The summed E-state index contributed by atoms with van der Waals surface area (Å²) in [6, 6.07) is 11.1. The van der Waals surface area contributed by atoms with Crippen molar-refractivity contribution in [1.82, 2.24) is 4.72 Å². The van der Waals surface area contributed by atoms with Crippen molar-refractivity contribution in [1.29, 1.82) is 0 Å². The van der Waals surface area contributed by atoms with Crippen molar-refractivity contribution in [2.24, 2.45) is 0 Å². The van der Waals surface area contributed by atoms with Crippen molar-refractivity contribution in [2.45, 2.75) is 63.2 Å². The Balaban J connectivity index is 2.02. The second kappa shape index (κ2) is 5.37. The van der Waals surface area contributed by atoms with Gasteiger partial charge in [-0.05, 0) is 51.0 Å².